The maximum absolute atomic E-state index is 5.61. The Balaban J connectivity index is 2.84. The summed E-state index contributed by atoms with van der Waals surface area (Å²) in [5, 5.41) is 0. The molecule has 2 aromatic heterocycles. The van der Waals surface area contributed by atoms with E-state index >= 15 is 0 Å². The van der Waals surface area contributed by atoms with Crippen LogP contribution in [-0.4, -0.2) is 21.3 Å². The van der Waals surface area contributed by atoms with E-state index < -0.39 is 0 Å². The summed E-state index contributed by atoms with van der Waals surface area (Å²) < 4.78 is 1.69. The lowest BCUT2D eigenvalue weighted by Crippen LogP contribution is -2.15. The molecule has 0 spiro atoms. The van der Waals surface area contributed by atoms with Gasteiger partial charge in [-0.25, -0.2) is 0 Å². The first-order valence-corrected chi connectivity index (χ1v) is 3.53. The molecule has 6 heteroatoms. The van der Waals surface area contributed by atoms with Gasteiger partial charge in [-0.15, -0.1) is 0 Å². The summed E-state index contributed by atoms with van der Waals surface area (Å²) in [4.78, 5) is 5.62. The first-order valence-electron chi connectivity index (χ1n) is 3.53. The van der Waals surface area contributed by atoms with Gasteiger partial charge in [0.1, 0.15) is 5.52 Å². The van der Waals surface area contributed by atoms with E-state index in [9.17, 15) is 0 Å². The van der Waals surface area contributed by atoms with Crippen LogP contribution in [0.3, 0.4) is 0 Å². The van der Waals surface area contributed by atoms with Gasteiger partial charge in [0, 0.05) is 13.2 Å². The highest BCUT2D eigenvalue weighted by molar-refractivity contribution is 5.68. The average Bonchev–Trinajstić information content (AvgIpc) is 2.55. The quantitative estimate of drug-likeness (QED) is 0.531. The Labute approximate surface area is 68.7 Å². The maximum atomic E-state index is 5.61. The Morgan fingerprint density at radius 2 is 2.25 bits per heavy atom. The lowest BCUT2D eigenvalue weighted by Gasteiger charge is -2.02. The molecule has 0 bridgehead atoms. The summed E-state index contributed by atoms with van der Waals surface area (Å²) in [5.74, 6) is 0.823. The van der Waals surface area contributed by atoms with Crippen molar-refractivity contribution in [2.24, 2.45) is 0 Å². The van der Waals surface area contributed by atoms with Crippen molar-refractivity contribution < 1.29 is 0 Å². The highest BCUT2D eigenvalue weighted by Crippen LogP contribution is 2.15. The molecule has 0 unspecified atom stereocenters. The molecule has 2 heterocycles. The fraction of sp³-hybridized carbons (Fsp3) is 0.167. The zero-order valence-corrected chi connectivity index (χ0v) is 6.65. The van der Waals surface area contributed by atoms with Crippen molar-refractivity contribution in [1.29, 1.82) is 0 Å². The van der Waals surface area contributed by atoms with Crippen LogP contribution in [0.25, 0.3) is 5.52 Å². The van der Waals surface area contributed by atoms with Gasteiger partial charge in [0.25, 0.3) is 0 Å². The van der Waals surface area contributed by atoms with Crippen LogP contribution in [0.2, 0.25) is 0 Å². The number of nitrogens with one attached hydrogen (secondary N) is 1. The summed E-state index contributed by atoms with van der Waals surface area (Å²) in [5.41, 5.74) is 14.9. The van der Waals surface area contributed by atoms with Crippen molar-refractivity contribution in [3.05, 3.63) is 12.3 Å². The fourth-order valence-corrected chi connectivity index (χ4v) is 1.22. The van der Waals surface area contributed by atoms with E-state index in [4.69, 9.17) is 11.5 Å². The molecule has 0 aliphatic rings. The van der Waals surface area contributed by atoms with Crippen LogP contribution < -0.4 is 16.9 Å². The fourth-order valence-electron chi connectivity index (χ4n) is 1.22. The molecular formula is C6H10N6. The standard InChI is InChI=1S/C6H10N6/c1-9-11-3-2-4-5(7)10-6(8)12(4)11/h2-3,9H,7H2,1H3,(H2,8,10). The molecule has 64 valence electrons. The Morgan fingerprint density at radius 3 is 2.92 bits per heavy atom. The third-order valence-corrected chi connectivity index (χ3v) is 1.76. The van der Waals surface area contributed by atoms with Crippen LogP contribution in [0.5, 0.6) is 0 Å². The average molecular weight is 166 g/mol. The van der Waals surface area contributed by atoms with Gasteiger partial charge in [-0.2, -0.15) is 14.3 Å². The molecule has 12 heavy (non-hydrogen) atoms. The Kier molecular flexibility index (Phi) is 1.18. The second-order valence-corrected chi connectivity index (χ2v) is 2.44. The van der Waals surface area contributed by atoms with Crippen molar-refractivity contribution >= 4 is 17.3 Å². The topological polar surface area (TPSA) is 86.3 Å². The summed E-state index contributed by atoms with van der Waals surface area (Å²) in [6, 6.07) is 1.84. The van der Waals surface area contributed by atoms with Crippen molar-refractivity contribution in [2.75, 3.05) is 23.9 Å². The maximum Gasteiger partial charge on any atom is 0.223 e. The molecule has 0 radical (unpaired) electrons. The van der Waals surface area contributed by atoms with Crippen LogP contribution in [0.4, 0.5) is 11.8 Å². The van der Waals surface area contributed by atoms with Crippen molar-refractivity contribution in [3.63, 3.8) is 0 Å². The van der Waals surface area contributed by atoms with E-state index in [-0.39, 0.29) is 0 Å². The lowest BCUT2D eigenvalue weighted by atomic mass is 10.5. The highest BCUT2D eigenvalue weighted by atomic mass is 15.6. The van der Waals surface area contributed by atoms with Crippen molar-refractivity contribution in [3.8, 4) is 0 Å². The molecular weight excluding hydrogens is 156 g/mol. The van der Waals surface area contributed by atoms with Crippen molar-refractivity contribution in [2.45, 2.75) is 0 Å². The third-order valence-electron chi connectivity index (χ3n) is 1.76. The van der Waals surface area contributed by atoms with Gasteiger partial charge in [0.2, 0.25) is 5.95 Å². The van der Waals surface area contributed by atoms with E-state index in [1.54, 1.807) is 16.4 Å². The van der Waals surface area contributed by atoms with Crippen LogP contribution in [-0.2, 0) is 0 Å². The number of imidazole rings is 1. The largest absolute Gasteiger partial charge is 0.382 e. The SMILES string of the molecule is CNn1ccc2c(N)nc(N)n21. The number of fused-ring (bicyclic) bond motifs is 1. The summed E-state index contributed by atoms with van der Waals surface area (Å²) in [6.45, 7) is 0. The smallest absolute Gasteiger partial charge is 0.223 e. The van der Waals surface area contributed by atoms with Gasteiger partial charge in [-0.1, -0.05) is 0 Å². The second kappa shape index (κ2) is 2.07. The number of nitrogens with two attached hydrogens (primary N) is 2. The molecule has 0 aromatic carbocycles. The third kappa shape index (κ3) is 0.659. The molecule has 0 atom stereocenters. The van der Waals surface area contributed by atoms with Gasteiger partial charge in [0.05, 0.1) is 0 Å². The van der Waals surface area contributed by atoms with E-state index in [2.05, 4.69) is 10.4 Å². The minimum absolute atomic E-state index is 0.377. The van der Waals surface area contributed by atoms with Gasteiger partial charge in [-0.3, -0.25) is 0 Å². The first-order chi connectivity index (χ1) is 5.74. The molecule has 0 amide bonds. The van der Waals surface area contributed by atoms with Crippen LogP contribution in [0.1, 0.15) is 0 Å². The van der Waals surface area contributed by atoms with Gasteiger partial charge < -0.3 is 16.9 Å². The number of hydrogen-bond acceptors (Lipinski definition) is 4. The molecule has 0 saturated carbocycles. The number of nitrogens with zero attached hydrogens (tertiary/aromatic N) is 3. The lowest BCUT2D eigenvalue weighted by molar-refractivity contribution is 0.726. The predicted molar refractivity (Wildman–Crippen MR) is 47.3 cm³/mol. The number of nitrogen functional groups attached to an aromatic ring is 2. The molecule has 0 fully saturated rings. The van der Waals surface area contributed by atoms with Crippen LogP contribution >= 0.6 is 0 Å². The monoisotopic (exact) mass is 166 g/mol. The van der Waals surface area contributed by atoms with Gasteiger partial charge in [-0.05, 0) is 6.07 Å². The number of hydrogen-bond donors (Lipinski definition) is 3. The molecule has 0 aliphatic carbocycles. The minimum Gasteiger partial charge on any atom is -0.382 e. The Hall–Kier alpha value is -1.85. The number of anilines is 2. The Morgan fingerprint density at radius 1 is 1.50 bits per heavy atom. The molecule has 6 nitrogen and oxygen atoms in total. The Bertz CT molecular complexity index is 411. The zero-order chi connectivity index (χ0) is 8.72. The highest BCUT2D eigenvalue weighted by Gasteiger charge is 2.08. The molecule has 0 aliphatic heterocycles. The second-order valence-electron chi connectivity index (χ2n) is 2.44. The molecule has 2 rings (SSSR count). The summed E-state index contributed by atoms with van der Waals surface area (Å²) in [7, 11) is 1.79. The summed E-state index contributed by atoms with van der Waals surface area (Å²) in [6.07, 6.45) is 1.82. The van der Waals surface area contributed by atoms with Gasteiger partial charge in [0.15, 0.2) is 5.82 Å². The van der Waals surface area contributed by atoms with Crippen LogP contribution in [0, 0.1) is 0 Å². The first kappa shape index (κ1) is 6.84. The van der Waals surface area contributed by atoms with E-state index in [0.717, 1.165) is 5.52 Å². The molecule has 0 saturated heterocycles. The molecule has 2 aromatic rings. The normalized spacial score (nSPS) is 10.8. The minimum atomic E-state index is 0.377. The predicted octanol–water partition coefficient (Wildman–Crippen LogP) is -0.527. The van der Waals surface area contributed by atoms with Crippen LogP contribution in [0.15, 0.2) is 12.3 Å². The van der Waals surface area contributed by atoms with E-state index in [0.29, 0.717) is 11.8 Å². The zero-order valence-electron chi connectivity index (χ0n) is 6.65. The summed E-state index contributed by atoms with van der Waals surface area (Å²) >= 11 is 0. The van der Waals surface area contributed by atoms with Crippen molar-refractivity contribution in [1.82, 2.24) is 14.3 Å². The number of aromatic nitrogens is 3. The van der Waals surface area contributed by atoms with Gasteiger partial charge >= 0.3 is 0 Å². The molecule has 5 N–H and O–H groups in total. The van der Waals surface area contributed by atoms with E-state index in [1.165, 1.54) is 0 Å². The number of rotatable bonds is 1. The van der Waals surface area contributed by atoms with E-state index in [1.807, 2.05) is 12.3 Å².